The highest BCUT2D eigenvalue weighted by molar-refractivity contribution is 7.17. The molecule has 190 valence electrons. The molecule has 1 amide bonds. The molecule has 1 unspecified atom stereocenters. The molecule has 0 saturated carbocycles. The number of nitrogens with one attached hydrogen (secondary N) is 1. The van der Waals surface area contributed by atoms with Gasteiger partial charge in [-0.05, 0) is 80.7 Å². The van der Waals surface area contributed by atoms with Crippen LogP contribution in [-0.2, 0) is 22.4 Å². The Kier molecular flexibility index (Phi) is 9.00. The molecule has 0 saturated heterocycles. The number of ether oxygens (including phenoxy) is 3. The van der Waals surface area contributed by atoms with Crippen LogP contribution in [0.5, 0.6) is 11.5 Å². The molecule has 7 heteroatoms. The smallest absolute Gasteiger partial charge is 0.341 e. The van der Waals surface area contributed by atoms with Gasteiger partial charge >= 0.3 is 5.97 Å². The number of thiophene rings is 1. The van der Waals surface area contributed by atoms with Crippen LogP contribution in [0.1, 0.15) is 74.3 Å². The van der Waals surface area contributed by atoms with Gasteiger partial charge in [0.15, 0.2) is 11.5 Å². The molecular formula is C28H37NO5S. The molecule has 0 fully saturated rings. The van der Waals surface area contributed by atoms with Crippen LogP contribution in [0.2, 0.25) is 0 Å². The molecule has 3 rings (SSSR count). The summed E-state index contributed by atoms with van der Waals surface area (Å²) < 4.78 is 16.6. The lowest BCUT2D eigenvalue weighted by Crippen LogP contribution is -2.26. The van der Waals surface area contributed by atoms with Gasteiger partial charge in [0.25, 0.3) is 0 Å². The predicted molar refractivity (Wildman–Crippen MR) is 142 cm³/mol. The van der Waals surface area contributed by atoms with Crippen LogP contribution in [0, 0.1) is 11.3 Å². The molecular weight excluding hydrogens is 462 g/mol. The van der Waals surface area contributed by atoms with Gasteiger partial charge in [-0.15, -0.1) is 11.3 Å². The fourth-order valence-corrected chi connectivity index (χ4v) is 5.65. The Labute approximate surface area is 212 Å². The Balaban J connectivity index is 1.82. The second-order valence-electron chi connectivity index (χ2n) is 9.63. The molecule has 1 aliphatic rings. The molecule has 0 radical (unpaired) electrons. The van der Waals surface area contributed by atoms with Crippen molar-refractivity contribution < 1.29 is 23.8 Å². The second-order valence-corrected chi connectivity index (χ2v) is 10.7. The highest BCUT2D eigenvalue weighted by atomic mass is 32.1. The molecule has 35 heavy (non-hydrogen) atoms. The van der Waals surface area contributed by atoms with Gasteiger partial charge < -0.3 is 19.5 Å². The van der Waals surface area contributed by atoms with Crippen molar-refractivity contribution in [1.82, 2.24) is 0 Å². The topological polar surface area (TPSA) is 73.9 Å². The first-order valence-electron chi connectivity index (χ1n) is 12.4. The SMILES string of the molecule is CCOC(=O)c1c(NC(=O)C=Cc2ccc(OCC)c(OCC)c2)sc2c1CCC(C(C)(C)C)C2. The van der Waals surface area contributed by atoms with Crippen molar-refractivity contribution in [2.24, 2.45) is 11.3 Å². The van der Waals surface area contributed by atoms with Gasteiger partial charge in [0.05, 0.1) is 25.4 Å². The maximum Gasteiger partial charge on any atom is 0.341 e. The molecule has 1 aromatic heterocycles. The zero-order chi connectivity index (χ0) is 25.6. The van der Waals surface area contributed by atoms with Crippen LogP contribution >= 0.6 is 11.3 Å². The summed E-state index contributed by atoms with van der Waals surface area (Å²) >= 11 is 1.50. The molecule has 6 nitrogen and oxygen atoms in total. The third-order valence-corrected chi connectivity index (χ3v) is 7.37. The van der Waals surface area contributed by atoms with E-state index in [-0.39, 0.29) is 17.3 Å². The Morgan fingerprint density at radius 3 is 2.46 bits per heavy atom. The summed E-state index contributed by atoms with van der Waals surface area (Å²) in [6.45, 7) is 13.8. The van der Waals surface area contributed by atoms with Crippen molar-refractivity contribution in [3.8, 4) is 11.5 Å². The van der Waals surface area contributed by atoms with Gasteiger partial charge in [-0.25, -0.2) is 4.79 Å². The standard InChI is InChI=1S/C28H37NO5S/c1-7-32-21-14-10-18(16-22(21)33-8-2)11-15-24(30)29-26-25(27(31)34-9-3)20-13-12-19(28(4,5)6)17-23(20)35-26/h10-11,14-16,19H,7-9,12-13,17H2,1-6H3,(H,29,30). The van der Waals surface area contributed by atoms with E-state index in [9.17, 15) is 9.59 Å². The number of hydrogen-bond donors (Lipinski definition) is 1. The van der Waals surface area contributed by atoms with E-state index in [0.717, 1.165) is 30.4 Å². The average molecular weight is 500 g/mol. The van der Waals surface area contributed by atoms with Crippen LogP contribution < -0.4 is 14.8 Å². The monoisotopic (exact) mass is 499 g/mol. The molecule has 1 aliphatic carbocycles. The summed E-state index contributed by atoms with van der Waals surface area (Å²) in [7, 11) is 0. The number of esters is 1. The van der Waals surface area contributed by atoms with Gasteiger partial charge in [-0.1, -0.05) is 26.8 Å². The lowest BCUT2D eigenvalue weighted by molar-refractivity contribution is -0.111. The van der Waals surface area contributed by atoms with Crippen molar-refractivity contribution in [3.63, 3.8) is 0 Å². The summed E-state index contributed by atoms with van der Waals surface area (Å²) in [6, 6.07) is 5.56. The number of benzene rings is 1. The summed E-state index contributed by atoms with van der Waals surface area (Å²) in [5, 5.41) is 3.51. The molecule has 1 heterocycles. The van der Waals surface area contributed by atoms with Gasteiger partial charge in [0.1, 0.15) is 5.00 Å². The van der Waals surface area contributed by atoms with E-state index in [1.165, 1.54) is 22.3 Å². The quantitative estimate of drug-likeness (QED) is 0.314. The Hall–Kier alpha value is -2.80. The van der Waals surface area contributed by atoms with Crippen molar-refractivity contribution in [3.05, 3.63) is 45.8 Å². The van der Waals surface area contributed by atoms with Crippen molar-refractivity contribution in [2.45, 2.75) is 60.8 Å². The first kappa shape index (κ1) is 26.8. The van der Waals surface area contributed by atoms with Gasteiger partial charge in [-0.3, -0.25) is 4.79 Å². The van der Waals surface area contributed by atoms with Crippen molar-refractivity contribution in [2.75, 3.05) is 25.1 Å². The van der Waals surface area contributed by atoms with Crippen LogP contribution in [0.3, 0.4) is 0 Å². The highest BCUT2D eigenvalue weighted by Gasteiger charge is 2.34. The van der Waals surface area contributed by atoms with Gasteiger partial charge in [0, 0.05) is 11.0 Å². The molecule has 1 aromatic carbocycles. The molecule has 0 bridgehead atoms. The molecule has 1 N–H and O–H groups in total. The lowest BCUT2D eigenvalue weighted by atomic mass is 9.72. The van der Waals surface area contributed by atoms with Crippen LogP contribution in [-0.4, -0.2) is 31.7 Å². The molecule has 0 spiro atoms. The molecule has 1 atom stereocenters. The number of carbonyl (C=O) groups excluding carboxylic acids is 2. The van der Waals surface area contributed by atoms with E-state index in [1.807, 2.05) is 32.0 Å². The van der Waals surface area contributed by atoms with E-state index in [0.29, 0.717) is 47.8 Å². The highest BCUT2D eigenvalue weighted by Crippen LogP contribution is 2.44. The van der Waals surface area contributed by atoms with Gasteiger partial charge in [-0.2, -0.15) is 0 Å². The minimum absolute atomic E-state index is 0.190. The molecule has 0 aliphatic heterocycles. The number of amides is 1. The van der Waals surface area contributed by atoms with Crippen LogP contribution in [0.15, 0.2) is 24.3 Å². The van der Waals surface area contributed by atoms with E-state index < -0.39 is 0 Å². The maximum absolute atomic E-state index is 12.8. The average Bonchev–Trinajstić information content (AvgIpc) is 3.16. The van der Waals surface area contributed by atoms with E-state index >= 15 is 0 Å². The lowest BCUT2D eigenvalue weighted by Gasteiger charge is -2.33. The third-order valence-electron chi connectivity index (χ3n) is 6.20. The van der Waals surface area contributed by atoms with Crippen LogP contribution in [0.25, 0.3) is 6.08 Å². The fourth-order valence-electron chi connectivity index (χ4n) is 4.33. The fraction of sp³-hybridized carbons (Fsp3) is 0.500. The minimum atomic E-state index is -0.369. The Bertz CT molecular complexity index is 1080. The number of anilines is 1. The summed E-state index contributed by atoms with van der Waals surface area (Å²) in [5.74, 6) is 1.18. The number of hydrogen-bond acceptors (Lipinski definition) is 6. The van der Waals surface area contributed by atoms with E-state index in [2.05, 4.69) is 26.1 Å². The number of fused-ring (bicyclic) bond motifs is 1. The molecule has 2 aromatic rings. The first-order chi connectivity index (χ1) is 16.7. The second kappa shape index (κ2) is 11.8. The first-order valence-corrected chi connectivity index (χ1v) is 13.2. The van der Waals surface area contributed by atoms with Gasteiger partial charge in [0.2, 0.25) is 5.91 Å². The summed E-state index contributed by atoms with van der Waals surface area (Å²) in [4.78, 5) is 26.8. The Morgan fingerprint density at radius 1 is 1.09 bits per heavy atom. The zero-order valence-corrected chi connectivity index (χ0v) is 22.5. The van der Waals surface area contributed by atoms with Crippen molar-refractivity contribution >= 4 is 34.3 Å². The Morgan fingerprint density at radius 2 is 1.80 bits per heavy atom. The van der Waals surface area contributed by atoms with E-state index in [4.69, 9.17) is 14.2 Å². The largest absolute Gasteiger partial charge is 0.490 e. The maximum atomic E-state index is 12.8. The summed E-state index contributed by atoms with van der Waals surface area (Å²) in [5.41, 5.74) is 2.55. The van der Waals surface area contributed by atoms with E-state index in [1.54, 1.807) is 13.0 Å². The third kappa shape index (κ3) is 6.66. The number of rotatable bonds is 9. The zero-order valence-electron chi connectivity index (χ0n) is 21.7. The minimum Gasteiger partial charge on any atom is -0.490 e. The number of carbonyl (C=O) groups is 2. The van der Waals surface area contributed by atoms with Crippen LogP contribution in [0.4, 0.5) is 5.00 Å². The predicted octanol–water partition coefficient (Wildman–Crippen LogP) is 6.53. The normalized spacial score (nSPS) is 15.5. The van der Waals surface area contributed by atoms with Crippen molar-refractivity contribution in [1.29, 1.82) is 0 Å². The summed E-state index contributed by atoms with van der Waals surface area (Å²) in [6.07, 6.45) is 5.94.